The van der Waals surface area contributed by atoms with Gasteiger partial charge in [-0.25, -0.2) is 10.2 Å². The lowest BCUT2D eigenvalue weighted by molar-refractivity contribution is -0.851. The van der Waals surface area contributed by atoms with Gasteiger partial charge in [-0.1, -0.05) is 13.8 Å². The van der Waals surface area contributed by atoms with Crippen molar-refractivity contribution in [1.82, 2.24) is 10.3 Å². The number of rotatable bonds is 6. The van der Waals surface area contributed by atoms with E-state index in [1.165, 1.54) is 12.1 Å². The highest BCUT2D eigenvalue weighted by molar-refractivity contribution is 5.76. The zero-order valence-electron chi connectivity index (χ0n) is 13.0. The van der Waals surface area contributed by atoms with Crippen molar-refractivity contribution < 1.29 is 15.2 Å². The van der Waals surface area contributed by atoms with E-state index >= 15 is 0 Å². The Morgan fingerprint density at radius 3 is 2.57 bits per heavy atom. The Labute approximate surface area is 133 Å². The highest BCUT2D eigenvalue weighted by atomic mass is 16.6. The molecule has 3 N–H and O–H groups in total. The zero-order chi connectivity index (χ0) is 17.0. The highest BCUT2D eigenvalue weighted by Gasteiger charge is 2.30. The van der Waals surface area contributed by atoms with Crippen LogP contribution in [0.3, 0.4) is 0 Å². The van der Waals surface area contributed by atoms with Gasteiger partial charge in [-0.2, -0.15) is 5.43 Å². The molecule has 0 aromatic heterocycles. The number of nitrogens with zero attached hydrogens (tertiary/aromatic N) is 3. The molecule has 10 heteroatoms. The molecule has 0 aliphatic carbocycles. The van der Waals surface area contributed by atoms with Crippen LogP contribution in [0.4, 0.5) is 17.1 Å². The molecule has 1 aliphatic heterocycles. The molecule has 2 atom stereocenters. The summed E-state index contributed by atoms with van der Waals surface area (Å²) in [6.07, 6.45) is 0. The van der Waals surface area contributed by atoms with Gasteiger partial charge >= 0.3 is 5.96 Å². The summed E-state index contributed by atoms with van der Waals surface area (Å²) in [5, 5.41) is 34.2. The van der Waals surface area contributed by atoms with Crippen molar-refractivity contribution in [3.63, 3.8) is 0 Å². The second kappa shape index (κ2) is 7.44. The van der Waals surface area contributed by atoms with Crippen molar-refractivity contribution in [3.8, 4) is 0 Å². The lowest BCUT2D eigenvalue weighted by Crippen LogP contribution is -3.23. The van der Waals surface area contributed by atoms with Gasteiger partial charge < -0.3 is 15.3 Å². The number of hydrogen-bond donors (Lipinski definition) is 3. The van der Waals surface area contributed by atoms with Crippen molar-refractivity contribution in [1.29, 1.82) is 0 Å². The third-order valence-electron chi connectivity index (χ3n) is 3.73. The van der Waals surface area contributed by atoms with Crippen LogP contribution >= 0.6 is 0 Å². The number of hydroxylamine groups is 1. The summed E-state index contributed by atoms with van der Waals surface area (Å²) >= 11 is 0. The number of likely N-dealkylation sites (N-methyl/N-ethyl adjacent to an activating group) is 1. The van der Waals surface area contributed by atoms with Crippen molar-refractivity contribution in [2.24, 2.45) is 4.99 Å². The van der Waals surface area contributed by atoms with Crippen LogP contribution in [0, 0.1) is 20.5 Å². The van der Waals surface area contributed by atoms with Gasteiger partial charge in [0.1, 0.15) is 0 Å². The molecule has 0 radical (unpaired) electrons. The Balaban J connectivity index is 2.17. The fraction of sp³-hybridized carbons (Fsp3) is 0.462. The minimum absolute atomic E-state index is 0.00638. The topological polar surface area (TPSA) is 126 Å². The van der Waals surface area contributed by atoms with Crippen LogP contribution in [-0.2, 0) is 0 Å². The largest absolute Gasteiger partial charge is 0.621 e. The summed E-state index contributed by atoms with van der Waals surface area (Å²) < 4.78 is 0. The summed E-state index contributed by atoms with van der Waals surface area (Å²) in [6.45, 7) is 6.92. The molecular weight excluding hydrogens is 304 g/mol. The second-order valence-electron chi connectivity index (χ2n) is 5.03. The van der Waals surface area contributed by atoms with Gasteiger partial charge in [-0.15, -0.1) is 0 Å². The maximum Gasteiger partial charge on any atom is 0.347 e. The van der Waals surface area contributed by atoms with Gasteiger partial charge in [0.05, 0.1) is 17.5 Å². The van der Waals surface area contributed by atoms with Gasteiger partial charge in [0.25, 0.3) is 5.69 Å². The second-order valence-corrected chi connectivity index (χ2v) is 5.03. The first kappa shape index (κ1) is 17.2. The van der Waals surface area contributed by atoms with E-state index < -0.39 is 15.2 Å². The van der Waals surface area contributed by atoms with Gasteiger partial charge in [0.15, 0.2) is 0 Å². The number of nitro benzene ring substituents is 1. The number of non-ortho nitro benzene ring substituents is 1. The van der Waals surface area contributed by atoms with Crippen LogP contribution in [0.5, 0.6) is 0 Å². The van der Waals surface area contributed by atoms with E-state index in [1.54, 1.807) is 0 Å². The van der Waals surface area contributed by atoms with Crippen molar-refractivity contribution >= 4 is 23.0 Å². The molecule has 1 aliphatic rings. The normalized spacial score (nSPS) is 22.0. The van der Waals surface area contributed by atoms with E-state index in [1.807, 2.05) is 13.8 Å². The summed E-state index contributed by atoms with van der Waals surface area (Å²) in [4.78, 5) is 16.5. The number of benzene rings is 1. The lowest BCUT2D eigenvalue weighted by Gasteiger charge is -2.34. The van der Waals surface area contributed by atoms with E-state index in [9.17, 15) is 20.5 Å². The fourth-order valence-corrected chi connectivity index (χ4v) is 2.35. The number of nitro groups is 1. The van der Waals surface area contributed by atoms with Crippen LogP contribution in [-0.4, -0.2) is 42.0 Å². The average molecular weight is 324 g/mol. The fourth-order valence-electron chi connectivity index (χ4n) is 2.35. The molecular formula is C13H20N6O4. The summed E-state index contributed by atoms with van der Waals surface area (Å²) in [7, 11) is 0. The first-order valence-corrected chi connectivity index (χ1v) is 7.39. The van der Waals surface area contributed by atoms with E-state index in [0.29, 0.717) is 13.1 Å². The maximum atomic E-state index is 12.3. The predicted octanol–water partition coefficient (Wildman–Crippen LogP) is -1.16. The molecule has 1 aromatic rings. The molecule has 23 heavy (non-hydrogen) atoms. The zero-order valence-corrected chi connectivity index (χ0v) is 13.0. The van der Waals surface area contributed by atoms with Gasteiger partial charge in [-0.05, 0) is 13.1 Å². The van der Waals surface area contributed by atoms with Gasteiger partial charge in [-0.3, -0.25) is 15.2 Å². The molecule has 1 heterocycles. The quantitative estimate of drug-likeness (QED) is 0.344. The third kappa shape index (κ3) is 3.81. The Bertz CT molecular complexity index is 604. The SMILES string of the molecule is CCN(CC)CCN=C1N[NH+]([O-])c2cc([N+](=O)[O-])ccc2[NH+]1[O-]. The molecule has 126 valence electrons. The van der Waals surface area contributed by atoms with E-state index in [4.69, 9.17) is 0 Å². The van der Waals surface area contributed by atoms with E-state index in [-0.39, 0.29) is 23.0 Å². The van der Waals surface area contributed by atoms with Crippen LogP contribution in [0.15, 0.2) is 23.2 Å². The molecule has 0 spiro atoms. The third-order valence-corrected chi connectivity index (χ3v) is 3.73. The Hall–Kier alpha value is -2.11. The lowest BCUT2D eigenvalue weighted by atomic mass is 10.2. The number of aliphatic imine (C=N–C) groups is 1. The minimum atomic E-state index is -0.605. The Morgan fingerprint density at radius 1 is 1.26 bits per heavy atom. The molecule has 10 nitrogen and oxygen atoms in total. The monoisotopic (exact) mass is 324 g/mol. The molecule has 2 rings (SSSR count). The number of hydrogen-bond acceptors (Lipinski definition) is 6. The highest BCUT2D eigenvalue weighted by Crippen LogP contribution is 2.21. The summed E-state index contributed by atoms with van der Waals surface area (Å²) in [5.41, 5.74) is 2.34. The molecule has 0 saturated heterocycles. The first-order chi connectivity index (χ1) is 11.0. The molecule has 0 amide bonds. The predicted molar refractivity (Wildman–Crippen MR) is 84.3 cm³/mol. The molecule has 0 fully saturated rings. The minimum Gasteiger partial charge on any atom is -0.621 e. The van der Waals surface area contributed by atoms with E-state index in [2.05, 4.69) is 15.3 Å². The average Bonchev–Trinajstić information content (AvgIpc) is 2.55. The van der Waals surface area contributed by atoms with Crippen molar-refractivity contribution in [2.75, 3.05) is 26.2 Å². The molecule has 0 bridgehead atoms. The number of quaternary nitrogens is 2. The van der Waals surface area contributed by atoms with Crippen LogP contribution < -0.4 is 15.7 Å². The summed E-state index contributed by atoms with van der Waals surface area (Å²) in [6, 6.07) is 3.62. The first-order valence-electron chi connectivity index (χ1n) is 7.39. The van der Waals surface area contributed by atoms with E-state index in [0.717, 1.165) is 19.2 Å². The smallest absolute Gasteiger partial charge is 0.347 e. The van der Waals surface area contributed by atoms with Crippen LogP contribution in [0.25, 0.3) is 0 Å². The van der Waals surface area contributed by atoms with Crippen LogP contribution in [0.1, 0.15) is 13.8 Å². The number of nitrogens with one attached hydrogen (secondary N) is 3. The molecule has 2 unspecified atom stereocenters. The standard InChI is InChI=1S/C13H20N6O4/c1-3-16(4-2)8-7-14-13-15-18(21)12-9-10(19(22)23)5-6-11(12)17(13)20/h5-6,9,17-18H,3-4,7-8H2,1-2H3,(H,14,15). The number of guanidine groups is 1. The van der Waals surface area contributed by atoms with Crippen LogP contribution in [0.2, 0.25) is 0 Å². The van der Waals surface area contributed by atoms with Crippen molar-refractivity contribution in [2.45, 2.75) is 13.8 Å². The Kier molecular flexibility index (Phi) is 5.58. The van der Waals surface area contributed by atoms with Gasteiger partial charge in [0.2, 0.25) is 11.4 Å². The molecule has 1 aromatic carbocycles. The maximum absolute atomic E-state index is 12.3. The van der Waals surface area contributed by atoms with Crippen molar-refractivity contribution in [3.05, 3.63) is 38.7 Å². The summed E-state index contributed by atoms with van der Waals surface area (Å²) in [5.74, 6) is -0.0106. The number of fused-ring (bicyclic) bond motifs is 1. The molecule has 0 saturated carbocycles. The Morgan fingerprint density at radius 2 is 1.96 bits per heavy atom. The van der Waals surface area contributed by atoms with Gasteiger partial charge in [0, 0.05) is 18.7 Å².